The van der Waals surface area contributed by atoms with Gasteiger partial charge in [0, 0.05) is 18.3 Å². The maximum Gasteiger partial charge on any atom is 0.240 e. The van der Waals surface area contributed by atoms with E-state index in [2.05, 4.69) is 15.6 Å². The van der Waals surface area contributed by atoms with Gasteiger partial charge in [0.05, 0.1) is 12.0 Å². The lowest BCUT2D eigenvalue weighted by molar-refractivity contribution is -0.123. The van der Waals surface area contributed by atoms with Gasteiger partial charge in [-0.2, -0.15) is 0 Å². The highest BCUT2D eigenvalue weighted by Gasteiger charge is 2.13. The monoisotopic (exact) mass is 238 g/mol. The summed E-state index contributed by atoms with van der Waals surface area (Å²) in [5, 5.41) is 6.11. The molecule has 0 aromatic carbocycles. The summed E-state index contributed by atoms with van der Waals surface area (Å²) >= 11 is 0. The van der Waals surface area contributed by atoms with Crippen molar-refractivity contribution in [2.75, 3.05) is 6.54 Å². The van der Waals surface area contributed by atoms with Crippen molar-refractivity contribution in [2.24, 2.45) is 0 Å². The van der Waals surface area contributed by atoms with E-state index in [-0.39, 0.29) is 11.4 Å². The number of nitrogens with zero attached hydrogens (tertiary/aromatic N) is 2. The van der Waals surface area contributed by atoms with E-state index in [4.69, 9.17) is 0 Å². The van der Waals surface area contributed by atoms with Gasteiger partial charge in [-0.3, -0.25) is 4.79 Å². The minimum atomic E-state index is -0.190. The Morgan fingerprint density at radius 3 is 2.76 bits per heavy atom. The fraction of sp³-hybridized carbons (Fsp3) is 0.667. The number of rotatable bonds is 5. The summed E-state index contributed by atoms with van der Waals surface area (Å²) in [6.45, 7) is 9.92. The van der Waals surface area contributed by atoms with Crippen LogP contribution in [0.5, 0.6) is 0 Å². The van der Waals surface area contributed by atoms with Gasteiger partial charge in [-0.05, 0) is 27.3 Å². The smallest absolute Gasteiger partial charge is 0.240 e. The summed E-state index contributed by atoms with van der Waals surface area (Å²) in [6.07, 6.45) is 3.58. The van der Waals surface area contributed by atoms with Crippen LogP contribution in [0.3, 0.4) is 0 Å². The molecule has 0 saturated heterocycles. The number of amides is 1. The van der Waals surface area contributed by atoms with Gasteiger partial charge in [0.1, 0.15) is 6.54 Å². The predicted molar refractivity (Wildman–Crippen MR) is 67.5 cm³/mol. The van der Waals surface area contributed by atoms with Crippen LogP contribution >= 0.6 is 0 Å². The Bertz CT molecular complexity index is 365. The van der Waals surface area contributed by atoms with Gasteiger partial charge in [-0.1, -0.05) is 6.92 Å². The molecule has 2 N–H and O–H groups in total. The van der Waals surface area contributed by atoms with Gasteiger partial charge in [0.2, 0.25) is 5.91 Å². The molecule has 1 rings (SSSR count). The molecule has 0 atom stereocenters. The molecule has 1 aromatic rings. The molecule has 0 radical (unpaired) electrons. The Morgan fingerprint density at radius 2 is 2.18 bits per heavy atom. The van der Waals surface area contributed by atoms with Crippen LogP contribution in [0.25, 0.3) is 0 Å². The van der Waals surface area contributed by atoms with Crippen LogP contribution in [-0.2, 0) is 17.9 Å². The summed E-state index contributed by atoms with van der Waals surface area (Å²) < 4.78 is 1.80. The highest BCUT2D eigenvalue weighted by Crippen LogP contribution is 2.00. The largest absolute Gasteiger partial charge is 0.350 e. The van der Waals surface area contributed by atoms with Gasteiger partial charge in [0.25, 0.3) is 0 Å². The van der Waals surface area contributed by atoms with Crippen molar-refractivity contribution in [2.45, 2.75) is 46.3 Å². The summed E-state index contributed by atoms with van der Waals surface area (Å²) in [6, 6.07) is 0. The number of aromatic nitrogens is 2. The summed E-state index contributed by atoms with van der Waals surface area (Å²) in [4.78, 5) is 15.9. The molecule has 1 amide bonds. The van der Waals surface area contributed by atoms with E-state index in [9.17, 15) is 4.79 Å². The fourth-order valence-electron chi connectivity index (χ4n) is 1.46. The standard InChI is InChI=1S/C12H22N4O/c1-5-13-6-10-7-16(9-14-10)8-11(17)15-12(2,3)4/h7,9,13H,5-6,8H2,1-4H3,(H,15,17). The van der Waals surface area contributed by atoms with E-state index < -0.39 is 0 Å². The average Bonchev–Trinajstić information content (AvgIpc) is 2.59. The zero-order valence-electron chi connectivity index (χ0n) is 11.1. The molecule has 0 spiro atoms. The number of hydrogen-bond donors (Lipinski definition) is 2. The lowest BCUT2D eigenvalue weighted by Crippen LogP contribution is -2.42. The molecule has 0 saturated carbocycles. The van der Waals surface area contributed by atoms with E-state index in [0.717, 1.165) is 18.8 Å². The quantitative estimate of drug-likeness (QED) is 0.801. The third kappa shape index (κ3) is 5.49. The Hall–Kier alpha value is -1.36. The van der Waals surface area contributed by atoms with Crippen molar-refractivity contribution in [3.63, 3.8) is 0 Å². The van der Waals surface area contributed by atoms with Crippen molar-refractivity contribution in [1.82, 2.24) is 20.2 Å². The Morgan fingerprint density at radius 1 is 1.47 bits per heavy atom. The van der Waals surface area contributed by atoms with Crippen LogP contribution < -0.4 is 10.6 Å². The second-order valence-electron chi connectivity index (χ2n) is 5.12. The number of nitrogens with one attached hydrogen (secondary N) is 2. The SMILES string of the molecule is CCNCc1cn(CC(=O)NC(C)(C)C)cn1. The first-order valence-corrected chi connectivity index (χ1v) is 5.93. The van der Waals surface area contributed by atoms with Crippen LogP contribution in [0.1, 0.15) is 33.4 Å². The Kier molecular flexibility index (Phi) is 4.69. The van der Waals surface area contributed by atoms with Crippen LogP contribution in [0, 0.1) is 0 Å². The Labute approximate surface area is 103 Å². The molecular formula is C12H22N4O. The van der Waals surface area contributed by atoms with E-state index in [1.807, 2.05) is 33.9 Å². The van der Waals surface area contributed by atoms with Gasteiger partial charge < -0.3 is 15.2 Å². The highest BCUT2D eigenvalue weighted by atomic mass is 16.2. The zero-order valence-corrected chi connectivity index (χ0v) is 11.1. The molecule has 5 heteroatoms. The minimum absolute atomic E-state index is 0.00454. The lowest BCUT2D eigenvalue weighted by Gasteiger charge is -2.20. The highest BCUT2D eigenvalue weighted by molar-refractivity contribution is 5.76. The van der Waals surface area contributed by atoms with Crippen molar-refractivity contribution >= 4 is 5.91 Å². The third-order valence-electron chi connectivity index (χ3n) is 2.08. The summed E-state index contributed by atoms with van der Waals surface area (Å²) in [5.74, 6) is 0.00454. The second-order valence-corrected chi connectivity index (χ2v) is 5.12. The van der Waals surface area contributed by atoms with Gasteiger partial charge in [-0.25, -0.2) is 4.98 Å². The molecule has 0 fully saturated rings. The number of imidazole rings is 1. The molecule has 1 heterocycles. The second kappa shape index (κ2) is 5.82. The van der Waals surface area contributed by atoms with Crippen LogP contribution in [0.2, 0.25) is 0 Å². The molecule has 96 valence electrons. The van der Waals surface area contributed by atoms with E-state index in [1.54, 1.807) is 10.9 Å². The normalized spacial score (nSPS) is 11.5. The Balaban J connectivity index is 2.46. The van der Waals surface area contributed by atoms with Crippen molar-refractivity contribution < 1.29 is 4.79 Å². The minimum Gasteiger partial charge on any atom is -0.350 e. The first-order chi connectivity index (χ1) is 7.90. The van der Waals surface area contributed by atoms with Gasteiger partial charge in [0.15, 0.2) is 0 Å². The zero-order chi connectivity index (χ0) is 12.9. The molecular weight excluding hydrogens is 216 g/mol. The average molecular weight is 238 g/mol. The maximum absolute atomic E-state index is 11.7. The van der Waals surface area contributed by atoms with Crippen LogP contribution in [0.4, 0.5) is 0 Å². The number of carbonyl (C=O) groups excluding carboxylic acids is 1. The van der Waals surface area contributed by atoms with Crippen molar-refractivity contribution in [3.8, 4) is 0 Å². The first-order valence-electron chi connectivity index (χ1n) is 5.93. The molecule has 0 unspecified atom stereocenters. The van der Waals surface area contributed by atoms with E-state index >= 15 is 0 Å². The van der Waals surface area contributed by atoms with E-state index in [1.165, 1.54) is 0 Å². The number of carbonyl (C=O) groups is 1. The predicted octanol–water partition coefficient (Wildman–Crippen LogP) is 0.907. The summed E-state index contributed by atoms with van der Waals surface area (Å²) in [5.41, 5.74) is 0.764. The molecule has 5 nitrogen and oxygen atoms in total. The fourth-order valence-corrected chi connectivity index (χ4v) is 1.46. The molecule has 0 aliphatic heterocycles. The third-order valence-corrected chi connectivity index (χ3v) is 2.08. The first kappa shape index (κ1) is 13.7. The van der Waals surface area contributed by atoms with Crippen molar-refractivity contribution in [1.29, 1.82) is 0 Å². The molecule has 17 heavy (non-hydrogen) atoms. The maximum atomic E-state index is 11.7. The topological polar surface area (TPSA) is 59.0 Å². The lowest BCUT2D eigenvalue weighted by atomic mass is 10.1. The molecule has 1 aromatic heterocycles. The summed E-state index contributed by atoms with van der Waals surface area (Å²) in [7, 11) is 0. The molecule has 0 aliphatic rings. The van der Waals surface area contributed by atoms with Gasteiger partial charge in [-0.15, -0.1) is 0 Å². The van der Waals surface area contributed by atoms with Crippen LogP contribution in [-0.4, -0.2) is 27.5 Å². The molecule has 0 bridgehead atoms. The van der Waals surface area contributed by atoms with E-state index in [0.29, 0.717) is 6.54 Å². The van der Waals surface area contributed by atoms with Crippen LogP contribution in [0.15, 0.2) is 12.5 Å². The van der Waals surface area contributed by atoms with Crippen molar-refractivity contribution in [3.05, 3.63) is 18.2 Å². The van der Waals surface area contributed by atoms with Gasteiger partial charge >= 0.3 is 0 Å². The number of hydrogen-bond acceptors (Lipinski definition) is 3. The molecule has 0 aliphatic carbocycles.